The molecule has 0 saturated heterocycles. The van der Waals surface area contributed by atoms with Crippen LogP contribution in [0.4, 0.5) is 0 Å². The molecule has 0 amide bonds. The Morgan fingerprint density at radius 3 is 2.35 bits per heavy atom. The van der Waals surface area contributed by atoms with Crippen LogP contribution in [-0.2, 0) is 19.1 Å². The van der Waals surface area contributed by atoms with Crippen molar-refractivity contribution in [3.05, 3.63) is 11.6 Å². The summed E-state index contributed by atoms with van der Waals surface area (Å²) in [4.78, 5) is 25.2. The minimum atomic E-state index is -0.867. The van der Waals surface area contributed by atoms with E-state index in [4.69, 9.17) is 9.47 Å². The van der Waals surface area contributed by atoms with Gasteiger partial charge in [0.1, 0.15) is 12.7 Å². The normalized spacial score (nSPS) is 41.6. The third-order valence-corrected chi connectivity index (χ3v) is 11.9. The van der Waals surface area contributed by atoms with Gasteiger partial charge in [-0.1, -0.05) is 65.7 Å². The highest BCUT2D eigenvalue weighted by molar-refractivity contribution is 5.85. The van der Waals surface area contributed by atoms with Crippen LogP contribution in [0.3, 0.4) is 0 Å². The van der Waals surface area contributed by atoms with E-state index < -0.39 is 5.60 Å². The minimum Gasteiger partial charge on any atom is -0.462 e. The minimum absolute atomic E-state index is 0.0187. The molecule has 6 atom stereocenters. The lowest BCUT2D eigenvalue weighted by Crippen LogP contribution is -2.68. The molecule has 0 unspecified atom stereocenters. The summed E-state index contributed by atoms with van der Waals surface area (Å²) < 4.78 is 11.7. The third-order valence-electron chi connectivity index (χ3n) is 11.9. The predicted molar refractivity (Wildman–Crippen MR) is 144 cm³/mol. The average molecular weight is 515 g/mol. The van der Waals surface area contributed by atoms with E-state index in [0.717, 1.165) is 56.9 Å². The van der Waals surface area contributed by atoms with E-state index in [1.54, 1.807) is 6.08 Å². The summed E-state index contributed by atoms with van der Waals surface area (Å²) in [5.41, 5.74) is -0.155. The van der Waals surface area contributed by atoms with Crippen LogP contribution >= 0.6 is 0 Å². The topological polar surface area (TPSA) is 72.8 Å². The molecule has 1 aliphatic heterocycles. The van der Waals surface area contributed by atoms with Gasteiger partial charge in [0.25, 0.3) is 0 Å². The summed E-state index contributed by atoms with van der Waals surface area (Å²) in [5, 5.41) is 12.7. The van der Waals surface area contributed by atoms with Gasteiger partial charge in [0.15, 0.2) is 0 Å². The monoisotopic (exact) mass is 514 g/mol. The molecule has 0 aromatic heterocycles. The number of carbonyl (C=O) groups is 2. The molecule has 5 aliphatic rings. The number of cyclic esters (lactones) is 1. The quantitative estimate of drug-likeness (QED) is 0.390. The molecular formula is C32H50O5. The molecular weight excluding hydrogens is 464 g/mol. The number of rotatable bonds is 6. The largest absolute Gasteiger partial charge is 0.462 e. The van der Waals surface area contributed by atoms with E-state index in [-0.39, 0.29) is 46.6 Å². The van der Waals surface area contributed by atoms with Gasteiger partial charge < -0.3 is 14.6 Å². The van der Waals surface area contributed by atoms with E-state index in [2.05, 4.69) is 20.8 Å². The Kier molecular flexibility index (Phi) is 7.84. The fraction of sp³-hybridized carbons (Fsp3) is 0.875. The van der Waals surface area contributed by atoms with Gasteiger partial charge in [0.05, 0.1) is 11.5 Å². The second kappa shape index (κ2) is 10.7. The Balaban J connectivity index is 1.47. The molecule has 1 heterocycles. The Hall–Kier alpha value is -1.36. The SMILES string of the molecule is C[C@@H]1C[C@@H](OC(=O)C2CCCCC2)[C@H]2[C@](C)(C3CCCCC3)CCC[C@]2(C)[C@@]1(O)CCC1=CC(=O)OC1. The lowest BCUT2D eigenvalue weighted by Gasteiger charge is -2.67. The summed E-state index contributed by atoms with van der Waals surface area (Å²) in [6.45, 7) is 7.32. The average Bonchev–Trinajstić information content (AvgIpc) is 3.32. The molecule has 208 valence electrons. The zero-order valence-electron chi connectivity index (χ0n) is 23.6. The van der Waals surface area contributed by atoms with Crippen molar-refractivity contribution in [2.24, 2.45) is 34.5 Å². The van der Waals surface area contributed by atoms with Crippen LogP contribution in [0.1, 0.15) is 124 Å². The van der Waals surface area contributed by atoms with E-state index in [9.17, 15) is 14.7 Å². The Bertz CT molecular complexity index is 884. The lowest BCUT2D eigenvalue weighted by molar-refractivity contribution is -0.262. The molecule has 4 saturated carbocycles. The lowest BCUT2D eigenvalue weighted by atomic mass is 9.40. The molecule has 0 aromatic rings. The molecule has 5 heteroatoms. The van der Waals surface area contributed by atoms with Gasteiger partial charge in [-0.3, -0.25) is 4.79 Å². The van der Waals surface area contributed by atoms with Crippen LogP contribution in [0.25, 0.3) is 0 Å². The second-order valence-electron chi connectivity index (χ2n) is 13.9. The van der Waals surface area contributed by atoms with E-state index in [0.29, 0.717) is 25.4 Å². The molecule has 1 N–H and O–H groups in total. The molecule has 0 spiro atoms. The first kappa shape index (κ1) is 27.2. The summed E-state index contributed by atoms with van der Waals surface area (Å²) >= 11 is 0. The summed E-state index contributed by atoms with van der Waals surface area (Å²) in [5.74, 6) is 0.606. The zero-order chi connectivity index (χ0) is 26.3. The van der Waals surface area contributed by atoms with Crippen LogP contribution in [0, 0.1) is 34.5 Å². The molecule has 37 heavy (non-hydrogen) atoms. The number of esters is 2. The first-order valence-corrected chi connectivity index (χ1v) is 15.5. The molecule has 0 radical (unpaired) electrons. The molecule has 5 rings (SSSR count). The zero-order valence-corrected chi connectivity index (χ0v) is 23.6. The van der Waals surface area contributed by atoms with Crippen LogP contribution in [0.15, 0.2) is 11.6 Å². The smallest absolute Gasteiger partial charge is 0.331 e. The van der Waals surface area contributed by atoms with Crippen LogP contribution < -0.4 is 0 Å². The Morgan fingerprint density at radius 1 is 1.03 bits per heavy atom. The van der Waals surface area contributed by atoms with Crippen molar-refractivity contribution < 1.29 is 24.2 Å². The summed E-state index contributed by atoms with van der Waals surface area (Å²) in [6, 6.07) is 0. The van der Waals surface area contributed by atoms with Crippen LogP contribution in [0.2, 0.25) is 0 Å². The number of aliphatic hydroxyl groups is 1. The van der Waals surface area contributed by atoms with Gasteiger partial charge in [-0.15, -0.1) is 0 Å². The van der Waals surface area contributed by atoms with Crippen molar-refractivity contribution in [2.45, 2.75) is 135 Å². The van der Waals surface area contributed by atoms with Gasteiger partial charge >= 0.3 is 11.9 Å². The number of ether oxygens (including phenoxy) is 2. The molecule has 4 aliphatic carbocycles. The third kappa shape index (κ3) is 4.92. The van der Waals surface area contributed by atoms with Gasteiger partial charge in [-0.25, -0.2) is 4.79 Å². The number of hydrogen-bond acceptors (Lipinski definition) is 5. The first-order chi connectivity index (χ1) is 17.7. The Labute approximate surface area is 224 Å². The maximum Gasteiger partial charge on any atom is 0.331 e. The maximum absolute atomic E-state index is 13.5. The number of fused-ring (bicyclic) bond motifs is 1. The van der Waals surface area contributed by atoms with Gasteiger partial charge in [-0.05, 0) is 80.6 Å². The standard InChI is InChI=1S/C32H50O5/c1-22-19-26(37-29(34)24-11-6-4-7-12-24)28-30(2,25-13-8-5-9-14-25)16-10-17-31(28,3)32(22,35)18-15-23-20-27(33)36-21-23/h20,22,24-26,28,35H,4-19,21H2,1-3H3/t22-,26-,28+,30+,31+,32-/m1/s1. The van der Waals surface area contributed by atoms with Crippen molar-refractivity contribution in [3.8, 4) is 0 Å². The highest BCUT2D eigenvalue weighted by Crippen LogP contribution is 2.67. The summed E-state index contributed by atoms with van der Waals surface area (Å²) in [7, 11) is 0. The Morgan fingerprint density at radius 2 is 1.70 bits per heavy atom. The molecule has 4 fully saturated rings. The van der Waals surface area contributed by atoms with Crippen molar-refractivity contribution in [1.82, 2.24) is 0 Å². The van der Waals surface area contributed by atoms with Gasteiger partial charge in [-0.2, -0.15) is 0 Å². The number of carbonyl (C=O) groups excluding carboxylic acids is 2. The van der Waals surface area contributed by atoms with Crippen molar-refractivity contribution >= 4 is 11.9 Å². The number of hydrogen-bond donors (Lipinski definition) is 1. The van der Waals surface area contributed by atoms with Crippen molar-refractivity contribution in [2.75, 3.05) is 6.61 Å². The predicted octanol–water partition coefficient (Wildman–Crippen LogP) is 6.91. The molecule has 0 aromatic carbocycles. The van der Waals surface area contributed by atoms with E-state index in [1.165, 1.54) is 38.5 Å². The van der Waals surface area contributed by atoms with Crippen LogP contribution in [-0.4, -0.2) is 35.4 Å². The van der Waals surface area contributed by atoms with Crippen LogP contribution in [0.5, 0.6) is 0 Å². The fourth-order valence-corrected chi connectivity index (χ4v) is 9.80. The van der Waals surface area contributed by atoms with Gasteiger partial charge in [0, 0.05) is 17.4 Å². The van der Waals surface area contributed by atoms with Gasteiger partial charge in [0.2, 0.25) is 0 Å². The first-order valence-electron chi connectivity index (χ1n) is 15.5. The molecule has 0 bridgehead atoms. The van der Waals surface area contributed by atoms with Crippen molar-refractivity contribution in [1.29, 1.82) is 0 Å². The second-order valence-corrected chi connectivity index (χ2v) is 13.9. The highest BCUT2D eigenvalue weighted by Gasteiger charge is 2.67. The fourth-order valence-electron chi connectivity index (χ4n) is 9.80. The molecule has 5 nitrogen and oxygen atoms in total. The van der Waals surface area contributed by atoms with Crippen molar-refractivity contribution in [3.63, 3.8) is 0 Å². The van der Waals surface area contributed by atoms with E-state index >= 15 is 0 Å². The van der Waals surface area contributed by atoms with E-state index in [1.807, 2.05) is 0 Å². The highest BCUT2D eigenvalue weighted by atomic mass is 16.5. The maximum atomic E-state index is 13.5. The summed E-state index contributed by atoms with van der Waals surface area (Å²) in [6.07, 6.45) is 18.6.